The van der Waals surface area contributed by atoms with Gasteiger partial charge in [0.1, 0.15) is 0 Å². The van der Waals surface area contributed by atoms with Gasteiger partial charge in [-0.1, -0.05) is 67.6 Å². The molecule has 0 spiro atoms. The predicted octanol–water partition coefficient (Wildman–Crippen LogP) is 4.86. The molecular formula is C24H24N2O2. The highest BCUT2D eigenvalue weighted by Gasteiger charge is 2.16. The number of amides is 2. The van der Waals surface area contributed by atoms with Crippen molar-refractivity contribution in [2.75, 3.05) is 11.9 Å². The molecule has 2 amide bonds. The molecule has 0 bridgehead atoms. The van der Waals surface area contributed by atoms with E-state index in [9.17, 15) is 9.59 Å². The maximum Gasteiger partial charge on any atom is 0.255 e. The Kier molecular flexibility index (Phi) is 6.58. The second kappa shape index (κ2) is 9.51. The lowest BCUT2D eigenvalue weighted by atomic mass is 9.96. The van der Waals surface area contributed by atoms with Gasteiger partial charge in [0.05, 0.1) is 11.3 Å². The molecular weight excluding hydrogens is 348 g/mol. The number of carbonyl (C=O) groups is 2. The summed E-state index contributed by atoms with van der Waals surface area (Å²) in [4.78, 5) is 25.2. The normalized spacial score (nSPS) is 11.5. The number of para-hydroxylation sites is 1. The summed E-state index contributed by atoms with van der Waals surface area (Å²) >= 11 is 0. The molecule has 0 aliphatic rings. The number of hydrogen-bond acceptors (Lipinski definition) is 2. The molecule has 0 radical (unpaired) electrons. The van der Waals surface area contributed by atoms with Crippen LogP contribution in [-0.2, 0) is 0 Å². The molecule has 142 valence electrons. The second-order valence-corrected chi connectivity index (χ2v) is 6.59. The van der Waals surface area contributed by atoms with Gasteiger partial charge in [-0.25, -0.2) is 0 Å². The molecule has 4 nitrogen and oxygen atoms in total. The second-order valence-electron chi connectivity index (χ2n) is 6.59. The van der Waals surface area contributed by atoms with E-state index in [1.54, 1.807) is 36.4 Å². The standard InChI is InChI=1S/C24H24N2O2/c1-2-18(19-11-5-3-6-12-19)17-25-24(28)21-15-9-10-16-22(21)26-23(27)20-13-7-4-8-14-20/h3-16,18H,2,17H2,1H3,(H,25,28)(H,26,27). The van der Waals surface area contributed by atoms with Gasteiger partial charge in [-0.05, 0) is 36.2 Å². The molecule has 0 fully saturated rings. The first kappa shape index (κ1) is 19.4. The SMILES string of the molecule is CCC(CNC(=O)c1ccccc1NC(=O)c1ccccc1)c1ccccc1. The summed E-state index contributed by atoms with van der Waals surface area (Å²) in [6, 6.07) is 26.2. The van der Waals surface area contributed by atoms with E-state index in [0.29, 0.717) is 23.4 Å². The first-order chi connectivity index (χ1) is 13.7. The quantitative estimate of drug-likeness (QED) is 0.622. The average molecular weight is 372 g/mol. The first-order valence-electron chi connectivity index (χ1n) is 9.47. The fraction of sp³-hybridized carbons (Fsp3) is 0.167. The summed E-state index contributed by atoms with van der Waals surface area (Å²) in [5.74, 6) is -0.189. The Bertz CT molecular complexity index is 924. The smallest absolute Gasteiger partial charge is 0.255 e. The zero-order chi connectivity index (χ0) is 19.8. The highest BCUT2D eigenvalue weighted by atomic mass is 16.2. The maximum atomic E-state index is 12.8. The molecule has 4 heteroatoms. The van der Waals surface area contributed by atoms with E-state index in [0.717, 1.165) is 6.42 Å². The largest absolute Gasteiger partial charge is 0.351 e. The molecule has 0 aromatic heterocycles. The van der Waals surface area contributed by atoms with Gasteiger partial charge in [0.2, 0.25) is 0 Å². The van der Waals surface area contributed by atoms with Crippen molar-refractivity contribution < 1.29 is 9.59 Å². The zero-order valence-corrected chi connectivity index (χ0v) is 15.9. The minimum Gasteiger partial charge on any atom is -0.351 e. The minimum absolute atomic E-state index is 0.196. The molecule has 2 N–H and O–H groups in total. The van der Waals surface area contributed by atoms with Gasteiger partial charge in [-0.3, -0.25) is 9.59 Å². The lowest BCUT2D eigenvalue weighted by Gasteiger charge is -2.17. The van der Waals surface area contributed by atoms with Crippen LogP contribution >= 0.6 is 0 Å². The number of anilines is 1. The van der Waals surface area contributed by atoms with Crippen LogP contribution in [0, 0.1) is 0 Å². The Morgan fingerprint density at radius 3 is 2.07 bits per heavy atom. The fourth-order valence-corrected chi connectivity index (χ4v) is 3.11. The highest BCUT2D eigenvalue weighted by molar-refractivity contribution is 6.08. The third-order valence-electron chi connectivity index (χ3n) is 4.73. The van der Waals surface area contributed by atoms with Crippen LogP contribution in [0.3, 0.4) is 0 Å². The number of hydrogen-bond donors (Lipinski definition) is 2. The Hall–Kier alpha value is -3.40. The van der Waals surface area contributed by atoms with Gasteiger partial charge in [0.25, 0.3) is 11.8 Å². The van der Waals surface area contributed by atoms with Crippen molar-refractivity contribution in [3.05, 3.63) is 102 Å². The van der Waals surface area contributed by atoms with E-state index in [2.05, 4.69) is 29.7 Å². The van der Waals surface area contributed by atoms with Crippen LogP contribution < -0.4 is 10.6 Å². The number of benzene rings is 3. The van der Waals surface area contributed by atoms with E-state index in [1.807, 2.05) is 36.4 Å². The summed E-state index contributed by atoms with van der Waals surface area (Å²) in [5.41, 5.74) is 2.71. The molecule has 0 aliphatic carbocycles. The molecule has 3 rings (SSSR count). The van der Waals surface area contributed by atoms with Crippen molar-refractivity contribution in [1.82, 2.24) is 5.32 Å². The van der Waals surface area contributed by atoms with Crippen LogP contribution in [-0.4, -0.2) is 18.4 Å². The average Bonchev–Trinajstić information content (AvgIpc) is 2.76. The molecule has 1 unspecified atom stereocenters. The van der Waals surface area contributed by atoms with Crippen LogP contribution in [0.2, 0.25) is 0 Å². The van der Waals surface area contributed by atoms with Gasteiger partial charge in [0, 0.05) is 18.0 Å². The van der Waals surface area contributed by atoms with Crippen LogP contribution in [0.4, 0.5) is 5.69 Å². The Morgan fingerprint density at radius 2 is 1.39 bits per heavy atom. The number of nitrogens with one attached hydrogen (secondary N) is 2. The molecule has 3 aromatic rings. The third-order valence-corrected chi connectivity index (χ3v) is 4.73. The van der Waals surface area contributed by atoms with Crippen molar-refractivity contribution >= 4 is 17.5 Å². The first-order valence-corrected chi connectivity index (χ1v) is 9.47. The predicted molar refractivity (Wildman–Crippen MR) is 113 cm³/mol. The van der Waals surface area contributed by atoms with Crippen LogP contribution in [0.1, 0.15) is 45.5 Å². The molecule has 0 saturated heterocycles. The molecule has 0 aliphatic heterocycles. The topological polar surface area (TPSA) is 58.2 Å². The molecule has 0 saturated carbocycles. The molecule has 0 heterocycles. The van der Waals surface area contributed by atoms with Gasteiger partial charge < -0.3 is 10.6 Å². The van der Waals surface area contributed by atoms with E-state index >= 15 is 0 Å². The Labute approximate surface area is 165 Å². The zero-order valence-electron chi connectivity index (χ0n) is 15.9. The van der Waals surface area contributed by atoms with Crippen molar-refractivity contribution in [2.45, 2.75) is 19.3 Å². The Morgan fingerprint density at radius 1 is 0.786 bits per heavy atom. The van der Waals surface area contributed by atoms with Crippen molar-refractivity contribution in [1.29, 1.82) is 0 Å². The lowest BCUT2D eigenvalue weighted by molar-refractivity contribution is 0.0952. The highest BCUT2D eigenvalue weighted by Crippen LogP contribution is 2.20. The van der Waals surface area contributed by atoms with Gasteiger partial charge in [0.15, 0.2) is 0 Å². The fourth-order valence-electron chi connectivity index (χ4n) is 3.11. The van der Waals surface area contributed by atoms with Gasteiger partial charge in [-0.15, -0.1) is 0 Å². The van der Waals surface area contributed by atoms with E-state index in [-0.39, 0.29) is 17.7 Å². The lowest BCUT2D eigenvalue weighted by Crippen LogP contribution is -2.29. The number of rotatable bonds is 7. The van der Waals surface area contributed by atoms with Crippen molar-refractivity contribution in [3.8, 4) is 0 Å². The summed E-state index contributed by atoms with van der Waals surface area (Å²) in [6.45, 7) is 2.65. The summed E-state index contributed by atoms with van der Waals surface area (Å²) < 4.78 is 0. The Balaban J connectivity index is 1.69. The molecule has 1 atom stereocenters. The van der Waals surface area contributed by atoms with E-state index in [4.69, 9.17) is 0 Å². The minimum atomic E-state index is -0.239. The molecule has 28 heavy (non-hydrogen) atoms. The summed E-state index contributed by atoms with van der Waals surface area (Å²) in [7, 11) is 0. The van der Waals surface area contributed by atoms with Crippen LogP contribution in [0.25, 0.3) is 0 Å². The van der Waals surface area contributed by atoms with Gasteiger partial charge in [-0.2, -0.15) is 0 Å². The van der Waals surface area contributed by atoms with Crippen LogP contribution in [0.15, 0.2) is 84.9 Å². The summed E-state index contributed by atoms with van der Waals surface area (Å²) in [6.07, 6.45) is 0.927. The monoisotopic (exact) mass is 372 g/mol. The number of carbonyl (C=O) groups excluding carboxylic acids is 2. The maximum absolute atomic E-state index is 12.8. The van der Waals surface area contributed by atoms with Crippen molar-refractivity contribution in [2.24, 2.45) is 0 Å². The third kappa shape index (κ3) is 4.86. The van der Waals surface area contributed by atoms with Crippen molar-refractivity contribution in [3.63, 3.8) is 0 Å². The molecule has 3 aromatic carbocycles. The summed E-state index contributed by atoms with van der Waals surface area (Å²) in [5, 5.41) is 5.85. The van der Waals surface area contributed by atoms with E-state index in [1.165, 1.54) is 5.56 Å². The van der Waals surface area contributed by atoms with E-state index < -0.39 is 0 Å². The van der Waals surface area contributed by atoms with Crippen LogP contribution in [0.5, 0.6) is 0 Å². The van der Waals surface area contributed by atoms with Gasteiger partial charge >= 0.3 is 0 Å².